The van der Waals surface area contributed by atoms with E-state index in [1.165, 1.54) is 11.0 Å². The largest absolute Gasteiger partial charge is 0.465 e. The summed E-state index contributed by atoms with van der Waals surface area (Å²) in [6, 6.07) is 6.38. The van der Waals surface area contributed by atoms with Gasteiger partial charge in [0, 0.05) is 36.7 Å². The number of amides is 3. The third-order valence-corrected chi connectivity index (χ3v) is 12.0. The summed E-state index contributed by atoms with van der Waals surface area (Å²) in [5.41, 5.74) is 0.166. The van der Waals surface area contributed by atoms with E-state index in [1.807, 2.05) is 38.1 Å². The number of benzene rings is 1. The van der Waals surface area contributed by atoms with Gasteiger partial charge in [-0.25, -0.2) is 13.2 Å². The van der Waals surface area contributed by atoms with Crippen molar-refractivity contribution in [1.82, 2.24) is 19.5 Å². The molecule has 4 bridgehead atoms. The molecule has 3 amide bonds. The highest BCUT2D eigenvalue weighted by Crippen LogP contribution is 2.45. The number of fused-ring (bicyclic) bond motifs is 3. The molecule has 2 aliphatic carbocycles. The van der Waals surface area contributed by atoms with Crippen molar-refractivity contribution in [3.8, 4) is 0 Å². The van der Waals surface area contributed by atoms with Gasteiger partial charge < -0.3 is 24.3 Å². The molecule has 50 heavy (non-hydrogen) atoms. The molecule has 6 rings (SSSR count). The number of aromatic nitrogens is 1. The van der Waals surface area contributed by atoms with Crippen molar-refractivity contribution in [3.05, 3.63) is 54.3 Å². The van der Waals surface area contributed by atoms with Crippen LogP contribution in [0.1, 0.15) is 81.3 Å². The van der Waals surface area contributed by atoms with Gasteiger partial charge in [-0.2, -0.15) is 0 Å². The van der Waals surface area contributed by atoms with Crippen molar-refractivity contribution in [2.75, 3.05) is 13.2 Å². The SMILES string of the molecule is C=C[C@@H]1C[C@]1(NC(=O)[C@@H]1C[C@@H]2CN1C(=O)CCC(=O)OCC(C)(C)CC/C=C/c1cccc3c1cc(n3C)C(=O)O2)C(=O)NS(=O)(=O)C1CC1. The molecule has 2 aromatic rings. The lowest BCUT2D eigenvalue weighted by molar-refractivity contribution is -0.149. The van der Waals surface area contributed by atoms with Gasteiger partial charge >= 0.3 is 11.9 Å². The van der Waals surface area contributed by atoms with Crippen LogP contribution in [0.4, 0.5) is 0 Å². The number of hydrogen-bond donors (Lipinski definition) is 2. The van der Waals surface area contributed by atoms with Crippen LogP contribution in [-0.4, -0.2) is 83.6 Å². The van der Waals surface area contributed by atoms with E-state index in [4.69, 9.17) is 9.47 Å². The molecule has 0 spiro atoms. The van der Waals surface area contributed by atoms with Gasteiger partial charge in [0.2, 0.25) is 21.8 Å². The molecule has 4 atom stereocenters. The van der Waals surface area contributed by atoms with Crippen LogP contribution in [0.2, 0.25) is 0 Å². The van der Waals surface area contributed by atoms with Gasteiger partial charge in [-0.3, -0.25) is 23.9 Å². The number of ether oxygens (including phenoxy) is 2. The average Bonchev–Trinajstić information content (AvgIpc) is 3.97. The predicted octanol–water partition coefficient (Wildman–Crippen LogP) is 3.13. The number of carbonyl (C=O) groups is 5. The maximum Gasteiger partial charge on any atom is 0.355 e. The predicted molar refractivity (Wildman–Crippen MR) is 184 cm³/mol. The molecule has 1 saturated heterocycles. The summed E-state index contributed by atoms with van der Waals surface area (Å²) in [5.74, 6) is -3.80. The Morgan fingerprint density at radius 2 is 1.88 bits per heavy atom. The van der Waals surface area contributed by atoms with Crippen LogP contribution >= 0.6 is 0 Å². The maximum absolute atomic E-state index is 13.9. The third-order valence-electron chi connectivity index (χ3n) is 10.2. The lowest BCUT2D eigenvalue weighted by atomic mass is 9.88. The fourth-order valence-electron chi connectivity index (χ4n) is 6.82. The summed E-state index contributed by atoms with van der Waals surface area (Å²) in [6.45, 7) is 7.77. The first-order chi connectivity index (χ1) is 23.6. The average molecular weight is 709 g/mol. The van der Waals surface area contributed by atoms with Crippen molar-refractivity contribution in [3.63, 3.8) is 0 Å². The number of allylic oxidation sites excluding steroid dienone is 1. The Morgan fingerprint density at radius 3 is 2.58 bits per heavy atom. The molecular weight excluding hydrogens is 664 g/mol. The van der Waals surface area contributed by atoms with E-state index in [2.05, 4.69) is 22.7 Å². The molecule has 13 nitrogen and oxygen atoms in total. The zero-order valence-corrected chi connectivity index (χ0v) is 29.4. The topological polar surface area (TPSA) is 170 Å². The van der Waals surface area contributed by atoms with Gasteiger partial charge in [-0.15, -0.1) is 6.58 Å². The Morgan fingerprint density at radius 1 is 1.12 bits per heavy atom. The van der Waals surface area contributed by atoms with Gasteiger partial charge in [0.1, 0.15) is 23.4 Å². The smallest absolute Gasteiger partial charge is 0.355 e. The van der Waals surface area contributed by atoms with E-state index < -0.39 is 68.5 Å². The number of cyclic esters (lactones) is 1. The molecule has 268 valence electrons. The number of hydrogen-bond acceptors (Lipinski definition) is 9. The Bertz CT molecular complexity index is 1890. The molecule has 3 fully saturated rings. The highest BCUT2D eigenvalue weighted by molar-refractivity contribution is 7.91. The zero-order valence-electron chi connectivity index (χ0n) is 28.6. The minimum atomic E-state index is -3.89. The monoisotopic (exact) mass is 708 g/mol. The van der Waals surface area contributed by atoms with Crippen LogP contribution < -0.4 is 10.0 Å². The Kier molecular flexibility index (Phi) is 9.44. The second-order valence-electron chi connectivity index (χ2n) is 14.6. The van der Waals surface area contributed by atoms with Gasteiger partial charge in [0.25, 0.3) is 5.91 Å². The minimum Gasteiger partial charge on any atom is -0.465 e. The first kappa shape index (κ1) is 35.4. The van der Waals surface area contributed by atoms with Crippen LogP contribution in [0.25, 0.3) is 17.0 Å². The van der Waals surface area contributed by atoms with Crippen molar-refractivity contribution in [1.29, 1.82) is 0 Å². The maximum atomic E-state index is 13.9. The second kappa shape index (κ2) is 13.3. The highest BCUT2D eigenvalue weighted by Gasteiger charge is 2.62. The molecule has 1 aromatic carbocycles. The second-order valence-corrected chi connectivity index (χ2v) is 16.6. The van der Waals surface area contributed by atoms with E-state index in [9.17, 15) is 32.4 Å². The molecule has 14 heteroatoms. The van der Waals surface area contributed by atoms with Crippen LogP contribution in [0, 0.1) is 11.3 Å². The Balaban J connectivity index is 1.27. The molecule has 2 N–H and O–H groups in total. The van der Waals surface area contributed by atoms with E-state index in [-0.39, 0.29) is 44.2 Å². The quantitative estimate of drug-likeness (QED) is 0.338. The number of nitrogens with zero attached hydrogens (tertiary/aromatic N) is 2. The molecule has 4 aliphatic rings. The number of esters is 2. The summed E-state index contributed by atoms with van der Waals surface area (Å²) in [4.78, 5) is 68.4. The van der Waals surface area contributed by atoms with E-state index in [1.54, 1.807) is 17.7 Å². The number of aryl methyl sites for hydroxylation is 1. The van der Waals surface area contributed by atoms with Crippen molar-refractivity contribution < 1.29 is 41.9 Å². The summed E-state index contributed by atoms with van der Waals surface area (Å²) in [6.07, 6.45) is 6.62. The van der Waals surface area contributed by atoms with Crippen LogP contribution in [0.3, 0.4) is 0 Å². The molecule has 2 aliphatic heterocycles. The lowest BCUT2D eigenvalue weighted by Crippen LogP contribution is -2.56. The van der Waals surface area contributed by atoms with E-state index in [0.717, 1.165) is 29.3 Å². The van der Waals surface area contributed by atoms with Gasteiger partial charge in [-0.1, -0.05) is 44.2 Å². The van der Waals surface area contributed by atoms with E-state index >= 15 is 0 Å². The number of nitrogens with one attached hydrogen (secondary N) is 2. The zero-order chi connectivity index (χ0) is 36.0. The summed E-state index contributed by atoms with van der Waals surface area (Å²) >= 11 is 0. The fourth-order valence-corrected chi connectivity index (χ4v) is 8.18. The Hall–Kier alpha value is -4.46. The molecule has 0 radical (unpaired) electrons. The first-order valence-corrected chi connectivity index (χ1v) is 18.6. The van der Waals surface area contributed by atoms with Crippen LogP contribution in [0.15, 0.2) is 43.0 Å². The molecule has 3 heterocycles. The van der Waals surface area contributed by atoms with Crippen LogP contribution in [-0.2, 0) is 45.7 Å². The molecular formula is C36H44N4O9S. The third kappa shape index (κ3) is 7.21. The lowest BCUT2D eigenvalue weighted by Gasteiger charge is -2.26. The van der Waals surface area contributed by atoms with Crippen molar-refractivity contribution in [2.24, 2.45) is 18.4 Å². The fraction of sp³-hybridized carbons (Fsp3) is 0.528. The summed E-state index contributed by atoms with van der Waals surface area (Å²) in [7, 11) is -2.13. The van der Waals surface area contributed by atoms with Gasteiger partial charge in [0.15, 0.2) is 0 Å². The number of carbonyl (C=O) groups excluding carboxylic acids is 5. The summed E-state index contributed by atoms with van der Waals surface area (Å²) in [5, 5.41) is 2.92. The van der Waals surface area contributed by atoms with Gasteiger partial charge in [0.05, 0.1) is 24.8 Å². The standard InChI is InChI=1S/C36H44N4O9S/c1-5-23-19-36(23,34(45)38-50(46,47)25-12-13-25)37-32(43)28-17-24-20-40(28)30(41)14-15-31(42)48-21-35(2,3)16-7-6-9-22-10-8-11-27-26(22)18-29(39(27)4)33(44)49-24/h5-6,8-11,18,23-25,28H,1,7,12-17,19-21H2,2-4H3,(H,37,43)(H,38,45)/b9-6+/t23-,24-,28+,36-/m1/s1. The van der Waals surface area contributed by atoms with E-state index in [0.29, 0.717) is 18.5 Å². The highest BCUT2D eigenvalue weighted by atomic mass is 32.2. The van der Waals surface area contributed by atoms with Crippen molar-refractivity contribution >= 4 is 56.7 Å². The minimum absolute atomic E-state index is 0.0727. The first-order valence-electron chi connectivity index (χ1n) is 17.1. The normalized spacial score (nSPS) is 28.0. The van der Waals surface area contributed by atoms with Gasteiger partial charge in [-0.05, 0) is 55.2 Å². The Labute approximate surface area is 291 Å². The number of sulfonamides is 1. The molecule has 0 unspecified atom stereocenters. The molecule has 1 aromatic heterocycles. The van der Waals surface area contributed by atoms with Crippen molar-refractivity contribution in [2.45, 2.75) is 88.1 Å². The number of rotatable bonds is 6. The summed E-state index contributed by atoms with van der Waals surface area (Å²) < 4.78 is 40.4. The molecule has 2 saturated carbocycles. The van der Waals surface area contributed by atoms with Crippen LogP contribution in [0.5, 0.6) is 0 Å².